The molecule has 1 aliphatic rings. The van der Waals surface area contributed by atoms with Crippen molar-refractivity contribution in [2.24, 2.45) is 0 Å². The number of carbonyl (C=O) groups is 1. The fraction of sp³-hybridized carbons (Fsp3) is 0.321. The number of hydrogen-bond acceptors (Lipinski definition) is 4. The number of nitrogens with one attached hydrogen (secondary N) is 1. The second-order valence-corrected chi connectivity index (χ2v) is 9.09. The van der Waals surface area contributed by atoms with Crippen LogP contribution >= 0.6 is 0 Å². The minimum absolute atomic E-state index is 0.278. The molecule has 0 aliphatic heterocycles. The van der Waals surface area contributed by atoms with Crippen LogP contribution in [0, 0.1) is 0 Å². The highest BCUT2D eigenvalue weighted by Gasteiger charge is 2.23. The number of pyridine rings is 1. The molecule has 1 saturated carbocycles. The number of carboxylic acids is 1. The van der Waals surface area contributed by atoms with Crippen LogP contribution in [0.15, 0.2) is 67.0 Å². The van der Waals surface area contributed by atoms with Gasteiger partial charge in [0.05, 0.1) is 16.6 Å². The van der Waals surface area contributed by atoms with Crippen LogP contribution in [0.5, 0.6) is 0 Å². The Bertz CT molecular complexity index is 1260. The van der Waals surface area contributed by atoms with Crippen LogP contribution in [0.2, 0.25) is 0 Å². The highest BCUT2D eigenvalue weighted by Crippen LogP contribution is 2.36. The predicted octanol–water partition coefficient (Wildman–Crippen LogP) is 5.63. The molecular weight excluding hydrogens is 424 g/mol. The highest BCUT2D eigenvalue weighted by atomic mass is 16.4. The largest absolute Gasteiger partial charge is 0.478 e. The van der Waals surface area contributed by atoms with Gasteiger partial charge >= 0.3 is 5.97 Å². The SMILES string of the molecule is O=C(O)c1ccc2c(c1)nc(-c1ccc(CNCCc3cccnc3)cc1)n2C1CCCCC1. The Morgan fingerprint density at radius 3 is 2.59 bits per heavy atom. The average molecular weight is 455 g/mol. The maximum absolute atomic E-state index is 11.5. The van der Waals surface area contributed by atoms with Gasteiger partial charge in [0.2, 0.25) is 0 Å². The van der Waals surface area contributed by atoms with Crippen molar-refractivity contribution in [1.82, 2.24) is 19.9 Å². The van der Waals surface area contributed by atoms with Gasteiger partial charge in [-0.1, -0.05) is 49.6 Å². The lowest BCUT2D eigenvalue weighted by Crippen LogP contribution is -2.16. The van der Waals surface area contributed by atoms with Crippen LogP contribution in [0.25, 0.3) is 22.4 Å². The van der Waals surface area contributed by atoms with E-state index in [1.165, 1.54) is 30.4 Å². The Labute approximate surface area is 199 Å². The zero-order valence-electron chi connectivity index (χ0n) is 19.3. The Morgan fingerprint density at radius 1 is 1.03 bits per heavy atom. The number of rotatable bonds is 8. The van der Waals surface area contributed by atoms with Crippen molar-refractivity contribution in [3.63, 3.8) is 0 Å². The van der Waals surface area contributed by atoms with Crippen molar-refractivity contribution in [3.05, 3.63) is 83.7 Å². The standard InChI is InChI=1S/C28H30N4O2/c33-28(34)23-12-13-26-25(17-23)31-27(32(26)24-6-2-1-3-7-24)22-10-8-21(9-11-22)19-30-16-14-20-5-4-15-29-18-20/h4-5,8-13,15,17-18,24,30H,1-3,6-7,14,16,19H2,(H,33,34). The van der Waals surface area contributed by atoms with Crippen LogP contribution in [0.4, 0.5) is 0 Å². The van der Waals surface area contributed by atoms with Crippen LogP contribution in [-0.4, -0.2) is 32.2 Å². The van der Waals surface area contributed by atoms with Crippen LogP contribution in [0.1, 0.15) is 59.6 Å². The number of nitrogens with zero attached hydrogens (tertiary/aromatic N) is 3. The van der Waals surface area contributed by atoms with Crippen LogP contribution < -0.4 is 5.32 Å². The monoisotopic (exact) mass is 454 g/mol. The molecule has 5 rings (SSSR count). The summed E-state index contributed by atoms with van der Waals surface area (Å²) in [5.74, 6) is 0.0107. The number of fused-ring (bicyclic) bond motifs is 1. The van der Waals surface area contributed by atoms with Crippen molar-refractivity contribution in [1.29, 1.82) is 0 Å². The first-order chi connectivity index (χ1) is 16.7. The molecule has 0 atom stereocenters. The first-order valence-corrected chi connectivity index (χ1v) is 12.1. The molecule has 0 saturated heterocycles. The number of hydrogen-bond donors (Lipinski definition) is 2. The van der Waals surface area contributed by atoms with Gasteiger partial charge in [0.1, 0.15) is 5.82 Å². The summed E-state index contributed by atoms with van der Waals surface area (Å²) in [7, 11) is 0. The zero-order chi connectivity index (χ0) is 23.3. The molecule has 1 fully saturated rings. The quantitative estimate of drug-likeness (QED) is 0.337. The highest BCUT2D eigenvalue weighted by molar-refractivity contribution is 5.93. The van der Waals surface area contributed by atoms with Gasteiger partial charge in [0.15, 0.2) is 0 Å². The minimum atomic E-state index is -0.920. The summed E-state index contributed by atoms with van der Waals surface area (Å²) in [5, 5.41) is 12.9. The third-order valence-electron chi connectivity index (χ3n) is 6.73. The second kappa shape index (κ2) is 10.2. The molecule has 174 valence electrons. The van der Waals surface area contributed by atoms with Gasteiger partial charge in [-0.25, -0.2) is 9.78 Å². The normalized spacial score (nSPS) is 14.5. The van der Waals surface area contributed by atoms with Crippen molar-refractivity contribution in [2.75, 3.05) is 6.54 Å². The Kier molecular flexibility index (Phi) is 6.67. The number of aromatic carboxylic acids is 1. The molecule has 0 bridgehead atoms. The first kappa shape index (κ1) is 22.3. The van der Waals surface area contributed by atoms with E-state index in [9.17, 15) is 9.90 Å². The summed E-state index contributed by atoms with van der Waals surface area (Å²) in [5.41, 5.74) is 5.58. The smallest absolute Gasteiger partial charge is 0.335 e. The van der Waals surface area contributed by atoms with Crippen molar-refractivity contribution >= 4 is 17.0 Å². The summed E-state index contributed by atoms with van der Waals surface area (Å²) in [4.78, 5) is 20.6. The van der Waals surface area contributed by atoms with Gasteiger partial charge in [-0.05, 0) is 61.2 Å². The van der Waals surface area contributed by atoms with E-state index in [1.807, 2.05) is 18.3 Å². The van der Waals surface area contributed by atoms with E-state index in [2.05, 4.69) is 45.2 Å². The molecule has 2 N–H and O–H groups in total. The van der Waals surface area contributed by atoms with Gasteiger partial charge in [-0.15, -0.1) is 0 Å². The average Bonchev–Trinajstić information content (AvgIpc) is 3.27. The molecular formula is C28H30N4O2. The molecule has 4 aromatic rings. The van der Waals surface area contributed by atoms with E-state index in [0.29, 0.717) is 6.04 Å². The fourth-order valence-corrected chi connectivity index (χ4v) is 4.93. The molecule has 2 aromatic carbocycles. The van der Waals surface area contributed by atoms with E-state index in [4.69, 9.17) is 4.98 Å². The molecule has 6 nitrogen and oxygen atoms in total. The van der Waals surface area contributed by atoms with Gasteiger partial charge < -0.3 is 15.0 Å². The van der Waals surface area contributed by atoms with Crippen LogP contribution in [-0.2, 0) is 13.0 Å². The summed E-state index contributed by atoms with van der Waals surface area (Å²) < 4.78 is 2.35. The Balaban J connectivity index is 1.36. The summed E-state index contributed by atoms with van der Waals surface area (Å²) in [6, 6.07) is 18.4. The van der Waals surface area contributed by atoms with Gasteiger partial charge in [-0.2, -0.15) is 0 Å². The molecule has 0 amide bonds. The van der Waals surface area contributed by atoms with Crippen molar-refractivity contribution < 1.29 is 9.90 Å². The van der Waals surface area contributed by atoms with E-state index in [0.717, 1.165) is 54.8 Å². The summed E-state index contributed by atoms with van der Waals surface area (Å²) in [6.07, 6.45) is 10.7. The fourth-order valence-electron chi connectivity index (χ4n) is 4.93. The third-order valence-corrected chi connectivity index (χ3v) is 6.73. The lowest BCUT2D eigenvalue weighted by molar-refractivity contribution is 0.0697. The maximum Gasteiger partial charge on any atom is 0.335 e. The van der Waals surface area contributed by atoms with Gasteiger partial charge in [0, 0.05) is 30.5 Å². The maximum atomic E-state index is 11.5. The van der Waals surface area contributed by atoms with Crippen molar-refractivity contribution in [2.45, 2.75) is 51.1 Å². The molecule has 1 aliphatic carbocycles. The molecule has 0 radical (unpaired) electrons. The number of imidazole rings is 1. The molecule has 2 heterocycles. The first-order valence-electron chi connectivity index (χ1n) is 12.1. The third kappa shape index (κ3) is 4.87. The van der Waals surface area contributed by atoms with Crippen LogP contribution in [0.3, 0.4) is 0 Å². The van der Waals surface area contributed by atoms with Gasteiger partial charge in [-0.3, -0.25) is 4.98 Å². The number of benzene rings is 2. The number of aromatic nitrogens is 3. The summed E-state index contributed by atoms with van der Waals surface area (Å²) >= 11 is 0. The minimum Gasteiger partial charge on any atom is -0.478 e. The molecule has 2 aromatic heterocycles. The lowest BCUT2D eigenvalue weighted by atomic mass is 9.94. The molecule has 34 heavy (non-hydrogen) atoms. The van der Waals surface area contributed by atoms with Gasteiger partial charge in [0.25, 0.3) is 0 Å². The molecule has 0 spiro atoms. The Hall–Kier alpha value is -3.51. The van der Waals surface area contributed by atoms with E-state index in [1.54, 1.807) is 18.3 Å². The second-order valence-electron chi connectivity index (χ2n) is 9.09. The predicted molar refractivity (Wildman–Crippen MR) is 134 cm³/mol. The summed E-state index contributed by atoms with van der Waals surface area (Å²) in [6.45, 7) is 1.71. The van der Waals surface area contributed by atoms with E-state index in [-0.39, 0.29) is 5.56 Å². The van der Waals surface area contributed by atoms with Crippen molar-refractivity contribution in [3.8, 4) is 11.4 Å². The van der Waals surface area contributed by atoms with E-state index < -0.39 is 5.97 Å². The topological polar surface area (TPSA) is 80.0 Å². The lowest BCUT2D eigenvalue weighted by Gasteiger charge is -2.25. The Morgan fingerprint density at radius 2 is 1.85 bits per heavy atom. The zero-order valence-corrected chi connectivity index (χ0v) is 19.3. The molecule has 0 unspecified atom stereocenters. The number of carboxylic acid groups (broad SMARTS) is 1. The van der Waals surface area contributed by atoms with E-state index >= 15 is 0 Å². The molecule has 6 heteroatoms.